The van der Waals surface area contributed by atoms with E-state index >= 15 is 0 Å². The fourth-order valence-corrected chi connectivity index (χ4v) is 13.0. The molecule has 66 heavy (non-hydrogen) atoms. The molecule has 13 aromatic rings. The lowest BCUT2D eigenvalue weighted by Gasteiger charge is -2.38. The molecule has 3 aromatic heterocycles. The minimum atomic E-state index is 0.257. The van der Waals surface area contributed by atoms with Crippen LogP contribution in [0.15, 0.2) is 200 Å². The van der Waals surface area contributed by atoms with Gasteiger partial charge in [-0.25, -0.2) is 0 Å². The molecule has 2 atom stereocenters. The molecule has 0 saturated carbocycles. The molecule has 3 aliphatic rings. The average Bonchev–Trinajstić information content (AvgIpc) is 3.98. The zero-order chi connectivity index (χ0) is 42.9. The third kappa shape index (κ3) is 4.30. The van der Waals surface area contributed by atoms with E-state index in [1.807, 2.05) is 0 Å². The summed E-state index contributed by atoms with van der Waals surface area (Å²) in [6.45, 7) is 2.48. The molecule has 4 nitrogen and oxygen atoms in total. The molecule has 0 bridgehead atoms. The van der Waals surface area contributed by atoms with Crippen molar-refractivity contribution in [3.05, 3.63) is 217 Å². The summed E-state index contributed by atoms with van der Waals surface area (Å²) in [5.74, 6) is 0.568. The van der Waals surface area contributed by atoms with E-state index < -0.39 is 0 Å². The van der Waals surface area contributed by atoms with Crippen LogP contribution in [-0.4, -0.2) is 13.7 Å². The topological polar surface area (TPSA) is 18.0 Å². The molecule has 4 heteroatoms. The van der Waals surface area contributed by atoms with E-state index in [4.69, 9.17) is 0 Å². The van der Waals surface area contributed by atoms with Gasteiger partial charge in [0.15, 0.2) is 0 Å². The molecule has 5 heterocycles. The van der Waals surface area contributed by atoms with Crippen LogP contribution in [0.4, 0.5) is 17.1 Å². The van der Waals surface area contributed by atoms with Crippen molar-refractivity contribution >= 4 is 93.3 Å². The standard InChI is InChI=1S/C62H40N4/c1-36-41-15-4-5-17-43(41)49-35-50-59-42-16-3-2-14-37(42)26-29-57(59)66-58-34-40(64-54-24-12-8-20-46(54)47-21-9-13-25-55(47)64)28-31-56(58)65-51-30-27-39(32-38(51)33-48(36)60(49)62(65)61(50)66)63-52-22-10-6-18-44(52)45-19-7-11-23-53(45)63/h2-32,34-36,48H,33H2,1H3/t36?,48-/m0/s1. The molecule has 2 aliphatic heterocycles. The number of hydrogen-bond donors (Lipinski definition) is 0. The molecule has 0 fully saturated rings. The van der Waals surface area contributed by atoms with Gasteiger partial charge in [-0.05, 0) is 130 Å². The quantitative estimate of drug-likeness (QED) is 0.170. The Bertz CT molecular complexity index is 4200. The first-order valence-electron chi connectivity index (χ1n) is 23.4. The smallest absolute Gasteiger partial charge is 0.0786 e. The second kappa shape index (κ2) is 12.5. The van der Waals surface area contributed by atoms with Gasteiger partial charge in [-0.3, -0.25) is 0 Å². The van der Waals surface area contributed by atoms with E-state index in [9.17, 15) is 0 Å². The summed E-state index contributed by atoms with van der Waals surface area (Å²) in [5, 5.41) is 10.3. The highest BCUT2D eigenvalue weighted by atomic mass is 15.2. The van der Waals surface area contributed by atoms with Crippen molar-refractivity contribution in [3.8, 4) is 28.2 Å². The normalized spacial score (nSPS) is 15.9. The Morgan fingerprint density at radius 1 is 0.409 bits per heavy atom. The van der Waals surface area contributed by atoms with Crippen LogP contribution < -0.4 is 4.90 Å². The Morgan fingerprint density at radius 2 is 0.970 bits per heavy atom. The predicted molar refractivity (Wildman–Crippen MR) is 276 cm³/mol. The van der Waals surface area contributed by atoms with E-state index in [0.29, 0.717) is 5.92 Å². The second-order valence-electron chi connectivity index (χ2n) is 18.8. The van der Waals surface area contributed by atoms with E-state index in [2.05, 4.69) is 226 Å². The highest BCUT2D eigenvalue weighted by molar-refractivity contribution is 6.26. The zero-order valence-electron chi connectivity index (χ0n) is 36.2. The molecule has 1 unspecified atom stereocenters. The van der Waals surface area contributed by atoms with Crippen molar-refractivity contribution in [2.45, 2.75) is 25.2 Å². The molecular formula is C62H40N4. The molecule has 0 radical (unpaired) electrons. The first-order chi connectivity index (χ1) is 32.7. The number of rotatable bonds is 2. The number of fused-ring (bicyclic) bond motifs is 18. The van der Waals surface area contributed by atoms with Gasteiger partial charge in [0.1, 0.15) is 0 Å². The molecule has 0 saturated heterocycles. The van der Waals surface area contributed by atoms with Crippen LogP contribution in [0.25, 0.3) is 104 Å². The van der Waals surface area contributed by atoms with E-state index in [1.54, 1.807) is 0 Å². The van der Waals surface area contributed by atoms with Crippen LogP contribution in [0.2, 0.25) is 0 Å². The van der Waals surface area contributed by atoms with Crippen molar-refractivity contribution in [2.24, 2.45) is 0 Å². The van der Waals surface area contributed by atoms with Crippen LogP contribution in [0.5, 0.6) is 0 Å². The molecule has 0 N–H and O–H groups in total. The van der Waals surface area contributed by atoms with Gasteiger partial charge in [0, 0.05) is 49.4 Å². The van der Waals surface area contributed by atoms with Gasteiger partial charge in [-0.1, -0.05) is 134 Å². The van der Waals surface area contributed by atoms with Crippen molar-refractivity contribution in [3.63, 3.8) is 0 Å². The SMILES string of the molecule is CC1c2ccccc2-c2cc3c4c5ccccc5ccc4n4c3c3c2[C@H]1Cc1cc(-n2c5ccccc5c5ccccc52)ccc1N3c1ccc(-n2c3ccccc3c3ccccc32)cc1-4. The largest absolute Gasteiger partial charge is 0.309 e. The number of benzene rings is 10. The van der Waals surface area contributed by atoms with Crippen molar-refractivity contribution in [1.29, 1.82) is 0 Å². The van der Waals surface area contributed by atoms with Gasteiger partial charge in [0.25, 0.3) is 0 Å². The van der Waals surface area contributed by atoms with Crippen LogP contribution in [0.1, 0.15) is 35.4 Å². The number of nitrogens with zero attached hydrogens (tertiary/aromatic N) is 4. The van der Waals surface area contributed by atoms with Gasteiger partial charge >= 0.3 is 0 Å². The third-order valence-electron chi connectivity index (χ3n) is 15.8. The van der Waals surface area contributed by atoms with Crippen LogP contribution >= 0.6 is 0 Å². The molecule has 1 aliphatic carbocycles. The fraction of sp³-hybridized carbons (Fsp3) is 0.0645. The van der Waals surface area contributed by atoms with Crippen molar-refractivity contribution in [1.82, 2.24) is 13.7 Å². The summed E-state index contributed by atoms with van der Waals surface area (Å²) in [6.07, 6.45) is 0.926. The summed E-state index contributed by atoms with van der Waals surface area (Å²) in [4.78, 5) is 2.68. The molecule has 0 spiro atoms. The maximum Gasteiger partial charge on any atom is 0.0786 e. The first kappa shape index (κ1) is 35.1. The Kier molecular flexibility index (Phi) is 6.62. The van der Waals surface area contributed by atoms with Crippen molar-refractivity contribution < 1.29 is 0 Å². The highest BCUT2D eigenvalue weighted by Crippen LogP contribution is 2.62. The van der Waals surface area contributed by atoms with Crippen LogP contribution in [0.3, 0.4) is 0 Å². The van der Waals surface area contributed by atoms with Gasteiger partial charge < -0.3 is 18.6 Å². The van der Waals surface area contributed by atoms with Gasteiger partial charge in [0.2, 0.25) is 0 Å². The minimum absolute atomic E-state index is 0.257. The molecular weight excluding hydrogens is 801 g/mol. The number of hydrogen-bond acceptors (Lipinski definition) is 1. The summed E-state index contributed by atoms with van der Waals surface area (Å²) < 4.78 is 7.58. The molecule has 0 amide bonds. The maximum absolute atomic E-state index is 2.68. The Labute approximate surface area is 380 Å². The number of para-hydroxylation sites is 4. The van der Waals surface area contributed by atoms with Gasteiger partial charge in [-0.2, -0.15) is 0 Å². The third-order valence-corrected chi connectivity index (χ3v) is 15.8. The summed E-state index contributed by atoms with van der Waals surface area (Å²) in [6, 6.07) is 75.6. The van der Waals surface area contributed by atoms with E-state index in [0.717, 1.165) is 12.1 Å². The highest BCUT2D eigenvalue weighted by Gasteiger charge is 2.42. The lowest BCUT2D eigenvalue weighted by Crippen LogP contribution is -2.22. The van der Waals surface area contributed by atoms with Crippen molar-refractivity contribution in [2.75, 3.05) is 4.90 Å². The van der Waals surface area contributed by atoms with E-state index in [1.165, 1.54) is 132 Å². The molecule has 16 rings (SSSR count). The zero-order valence-corrected chi connectivity index (χ0v) is 36.2. The molecule has 308 valence electrons. The second-order valence-corrected chi connectivity index (χ2v) is 18.8. The summed E-state index contributed by atoms with van der Waals surface area (Å²) >= 11 is 0. The predicted octanol–water partition coefficient (Wildman–Crippen LogP) is 16.3. The Hall–Kier alpha value is -8.34. The average molecular weight is 841 g/mol. The Morgan fingerprint density at radius 3 is 1.64 bits per heavy atom. The van der Waals surface area contributed by atoms with Crippen LogP contribution in [0, 0.1) is 0 Å². The monoisotopic (exact) mass is 840 g/mol. The fourth-order valence-electron chi connectivity index (χ4n) is 13.0. The van der Waals surface area contributed by atoms with Gasteiger partial charge in [0.05, 0.1) is 50.2 Å². The van der Waals surface area contributed by atoms with E-state index in [-0.39, 0.29) is 5.92 Å². The lowest BCUT2D eigenvalue weighted by atomic mass is 9.69. The molecule has 10 aromatic carbocycles. The summed E-state index contributed by atoms with van der Waals surface area (Å²) in [5.41, 5.74) is 21.8. The number of anilines is 3. The Balaban J connectivity index is 1.06. The lowest BCUT2D eigenvalue weighted by molar-refractivity contribution is 0.571. The maximum atomic E-state index is 2.68. The summed E-state index contributed by atoms with van der Waals surface area (Å²) in [7, 11) is 0. The minimum Gasteiger partial charge on any atom is -0.309 e. The first-order valence-corrected chi connectivity index (χ1v) is 23.4. The van der Waals surface area contributed by atoms with Crippen LogP contribution in [-0.2, 0) is 6.42 Å². The number of aromatic nitrogens is 3. The van der Waals surface area contributed by atoms with Gasteiger partial charge in [-0.15, -0.1) is 0 Å².